The number of aryl methyl sites for hydroxylation is 1. The summed E-state index contributed by atoms with van der Waals surface area (Å²) in [6, 6.07) is 16.0. The molecule has 0 spiro atoms. The maximum absolute atomic E-state index is 12.5. The van der Waals surface area contributed by atoms with E-state index in [0.29, 0.717) is 33.0 Å². The monoisotopic (exact) mass is 441 g/mol. The van der Waals surface area contributed by atoms with Gasteiger partial charge in [-0.3, -0.25) is 4.79 Å². The van der Waals surface area contributed by atoms with Gasteiger partial charge in [-0.25, -0.2) is 0 Å². The lowest BCUT2D eigenvalue weighted by molar-refractivity contribution is -0.122. The Hall–Kier alpha value is -3.16. The third-order valence-corrected chi connectivity index (χ3v) is 4.96. The molecule has 30 heavy (non-hydrogen) atoms. The predicted molar refractivity (Wildman–Crippen MR) is 116 cm³/mol. The van der Waals surface area contributed by atoms with Gasteiger partial charge in [0, 0.05) is 16.3 Å². The Kier molecular flexibility index (Phi) is 5.57. The number of ether oxygens (including phenoxy) is 1. The number of amides is 1. The minimum absolute atomic E-state index is 0.298. The smallest absolute Gasteiger partial charge is 0.265 e. The van der Waals surface area contributed by atoms with Crippen molar-refractivity contribution in [2.75, 3.05) is 5.32 Å². The van der Waals surface area contributed by atoms with Crippen molar-refractivity contribution in [1.82, 2.24) is 19.8 Å². The van der Waals surface area contributed by atoms with E-state index in [1.807, 2.05) is 31.2 Å². The highest BCUT2D eigenvalue weighted by Gasteiger charge is 2.16. The molecule has 0 aliphatic heterocycles. The zero-order valence-electron chi connectivity index (χ0n) is 16.1. The number of anilines is 1. The van der Waals surface area contributed by atoms with Crippen LogP contribution in [-0.4, -0.2) is 31.8 Å². The molecule has 1 N–H and O–H groups in total. The molecule has 9 heteroatoms. The molecule has 0 fully saturated rings. The lowest BCUT2D eigenvalue weighted by atomic mass is 10.1. The first-order valence-electron chi connectivity index (χ1n) is 9.13. The van der Waals surface area contributed by atoms with Crippen molar-refractivity contribution in [1.29, 1.82) is 0 Å². The number of hydrogen-bond acceptors (Lipinski definition) is 5. The van der Waals surface area contributed by atoms with Gasteiger partial charge in [0.25, 0.3) is 5.91 Å². The Morgan fingerprint density at radius 3 is 2.57 bits per heavy atom. The highest BCUT2D eigenvalue weighted by molar-refractivity contribution is 6.35. The number of halogens is 2. The van der Waals surface area contributed by atoms with E-state index in [4.69, 9.17) is 27.9 Å². The number of fused-ring (bicyclic) bond motifs is 1. The second-order valence-corrected chi connectivity index (χ2v) is 7.48. The Balaban J connectivity index is 1.44. The lowest BCUT2D eigenvalue weighted by Crippen LogP contribution is -2.30. The first kappa shape index (κ1) is 20.1. The molecule has 152 valence electrons. The summed E-state index contributed by atoms with van der Waals surface area (Å²) in [6.45, 7) is 3.49. The van der Waals surface area contributed by atoms with E-state index in [-0.39, 0.29) is 5.91 Å². The Morgan fingerprint density at radius 2 is 1.83 bits per heavy atom. The van der Waals surface area contributed by atoms with Crippen LogP contribution in [0, 0.1) is 6.92 Å². The SMILES string of the molecule is Cc1nnc2ccc(-c3ccc(NC(=O)C(C)Oc4ccc(Cl)cc4Cl)cc3)nn12. The highest BCUT2D eigenvalue weighted by atomic mass is 35.5. The summed E-state index contributed by atoms with van der Waals surface area (Å²) in [4.78, 5) is 12.5. The number of aromatic nitrogens is 4. The lowest BCUT2D eigenvalue weighted by Gasteiger charge is -2.16. The molecule has 0 saturated heterocycles. The second-order valence-electron chi connectivity index (χ2n) is 6.64. The molecule has 2 heterocycles. The summed E-state index contributed by atoms with van der Waals surface area (Å²) in [7, 11) is 0. The molecule has 1 unspecified atom stereocenters. The summed E-state index contributed by atoms with van der Waals surface area (Å²) in [5.74, 6) is 0.809. The molecule has 1 amide bonds. The molecule has 0 bridgehead atoms. The fourth-order valence-electron chi connectivity index (χ4n) is 2.83. The van der Waals surface area contributed by atoms with Crippen LogP contribution in [0.25, 0.3) is 16.9 Å². The Labute approximate surface area is 182 Å². The maximum atomic E-state index is 12.5. The van der Waals surface area contributed by atoms with Gasteiger partial charge < -0.3 is 10.1 Å². The number of rotatable bonds is 5. The van der Waals surface area contributed by atoms with Gasteiger partial charge in [0.15, 0.2) is 17.6 Å². The van der Waals surface area contributed by atoms with Crippen LogP contribution in [0.4, 0.5) is 5.69 Å². The van der Waals surface area contributed by atoms with Crippen molar-refractivity contribution >= 4 is 40.4 Å². The minimum atomic E-state index is -0.746. The van der Waals surface area contributed by atoms with E-state index in [1.54, 1.807) is 41.8 Å². The van der Waals surface area contributed by atoms with E-state index in [9.17, 15) is 4.79 Å². The van der Waals surface area contributed by atoms with Crippen LogP contribution < -0.4 is 10.1 Å². The van der Waals surface area contributed by atoms with Gasteiger partial charge in [-0.05, 0) is 56.3 Å². The fourth-order valence-corrected chi connectivity index (χ4v) is 3.29. The van der Waals surface area contributed by atoms with E-state index in [0.717, 1.165) is 11.3 Å². The molecule has 1 atom stereocenters. The molecule has 0 radical (unpaired) electrons. The maximum Gasteiger partial charge on any atom is 0.265 e. The molecule has 4 rings (SSSR count). The van der Waals surface area contributed by atoms with Crippen molar-refractivity contribution in [3.05, 3.63) is 70.5 Å². The molecule has 0 saturated carbocycles. The molecule has 4 aromatic rings. The van der Waals surface area contributed by atoms with Crippen molar-refractivity contribution < 1.29 is 9.53 Å². The van der Waals surface area contributed by atoms with Gasteiger partial charge in [0.1, 0.15) is 5.75 Å². The van der Waals surface area contributed by atoms with Gasteiger partial charge in [-0.2, -0.15) is 9.61 Å². The molecule has 2 aromatic heterocycles. The third-order valence-electron chi connectivity index (χ3n) is 4.43. The van der Waals surface area contributed by atoms with E-state index < -0.39 is 6.10 Å². The average Bonchev–Trinajstić information content (AvgIpc) is 3.11. The van der Waals surface area contributed by atoms with E-state index in [2.05, 4.69) is 20.6 Å². The van der Waals surface area contributed by atoms with Crippen molar-refractivity contribution in [2.45, 2.75) is 20.0 Å². The van der Waals surface area contributed by atoms with Crippen molar-refractivity contribution in [2.24, 2.45) is 0 Å². The summed E-state index contributed by atoms with van der Waals surface area (Å²) >= 11 is 12.0. The number of hydrogen-bond donors (Lipinski definition) is 1. The van der Waals surface area contributed by atoms with Gasteiger partial charge in [0.2, 0.25) is 0 Å². The molecular weight excluding hydrogens is 425 g/mol. The minimum Gasteiger partial charge on any atom is -0.479 e. The molecule has 7 nitrogen and oxygen atoms in total. The van der Waals surface area contributed by atoms with Crippen molar-refractivity contribution in [3.8, 4) is 17.0 Å². The van der Waals surface area contributed by atoms with Crippen LogP contribution in [0.3, 0.4) is 0 Å². The topological polar surface area (TPSA) is 81.4 Å². The van der Waals surface area contributed by atoms with Gasteiger partial charge in [-0.1, -0.05) is 35.3 Å². The number of benzene rings is 2. The zero-order valence-corrected chi connectivity index (χ0v) is 17.6. The van der Waals surface area contributed by atoms with Crippen LogP contribution in [0.5, 0.6) is 5.75 Å². The number of carbonyl (C=O) groups excluding carboxylic acids is 1. The van der Waals surface area contributed by atoms with Crippen LogP contribution >= 0.6 is 23.2 Å². The van der Waals surface area contributed by atoms with Crippen LogP contribution in [0.15, 0.2) is 54.6 Å². The first-order valence-corrected chi connectivity index (χ1v) is 9.88. The first-order chi connectivity index (χ1) is 14.4. The number of nitrogens with zero attached hydrogens (tertiary/aromatic N) is 4. The van der Waals surface area contributed by atoms with E-state index >= 15 is 0 Å². The molecule has 2 aromatic carbocycles. The molecule has 0 aliphatic rings. The average molecular weight is 442 g/mol. The fraction of sp³-hybridized carbons (Fsp3) is 0.143. The van der Waals surface area contributed by atoms with Crippen molar-refractivity contribution in [3.63, 3.8) is 0 Å². The Bertz CT molecular complexity index is 1220. The van der Waals surface area contributed by atoms with Gasteiger partial charge in [-0.15, -0.1) is 10.2 Å². The Morgan fingerprint density at radius 1 is 1.07 bits per heavy atom. The summed E-state index contributed by atoms with van der Waals surface area (Å²) in [5.41, 5.74) is 3.01. The largest absolute Gasteiger partial charge is 0.479 e. The van der Waals surface area contributed by atoms with Gasteiger partial charge >= 0.3 is 0 Å². The van der Waals surface area contributed by atoms with E-state index in [1.165, 1.54) is 0 Å². The summed E-state index contributed by atoms with van der Waals surface area (Å²) in [6.07, 6.45) is -0.746. The predicted octanol–water partition coefficient (Wildman–Crippen LogP) is 4.81. The quantitative estimate of drug-likeness (QED) is 0.480. The standard InChI is InChI=1S/C21H17Cl2N5O2/c1-12(30-19-9-5-15(22)11-17(19)23)21(29)24-16-6-3-14(4-7-16)18-8-10-20-26-25-13(2)28(20)27-18/h3-12H,1-2H3,(H,24,29). The van der Waals surface area contributed by atoms with Crippen LogP contribution in [-0.2, 0) is 4.79 Å². The zero-order chi connectivity index (χ0) is 21.3. The number of nitrogens with one attached hydrogen (secondary N) is 1. The summed E-state index contributed by atoms with van der Waals surface area (Å²) in [5, 5.41) is 16.3. The highest BCUT2D eigenvalue weighted by Crippen LogP contribution is 2.28. The number of carbonyl (C=O) groups is 1. The van der Waals surface area contributed by atoms with Crippen LogP contribution in [0.2, 0.25) is 10.0 Å². The van der Waals surface area contributed by atoms with Gasteiger partial charge in [0.05, 0.1) is 10.7 Å². The normalized spacial score (nSPS) is 12.0. The summed E-state index contributed by atoms with van der Waals surface area (Å²) < 4.78 is 7.33. The molecular formula is C21H17Cl2N5O2. The second kappa shape index (κ2) is 8.30. The third kappa shape index (κ3) is 4.22. The van der Waals surface area contributed by atoms with Crippen LogP contribution in [0.1, 0.15) is 12.7 Å². The molecule has 0 aliphatic carbocycles.